The summed E-state index contributed by atoms with van der Waals surface area (Å²) in [6.07, 6.45) is 10.9. The minimum absolute atomic E-state index is 0.486. The molecule has 1 aliphatic rings. The van der Waals surface area contributed by atoms with Crippen LogP contribution in [0.3, 0.4) is 0 Å². The van der Waals surface area contributed by atoms with Gasteiger partial charge in [0.15, 0.2) is 0 Å². The largest absolute Gasteiger partial charge is 0.103 e. The van der Waals surface area contributed by atoms with E-state index in [-0.39, 0.29) is 0 Å². The zero-order valence-electron chi connectivity index (χ0n) is 5.88. The van der Waals surface area contributed by atoms with Crippen molar-refractivity contribution in [1.29, 1.82) is 0 Å². The molecule has 0 heteroatoms. The van der Waals surface area contributed by atoms with E-state index in [0.29, 0.717) is 5.92 Å². The molecule has 0 aromatic heterocycles. The summed E-state index contributed by atoms with van der Waals surface area (Å²) in [5.74, 6) is 6.25. The van der Waals surface area contributed by atoms with Gasteiger partial charge in [-0.15, -0.1) is 6.58 Å². The van der Waals surface area contributed by atoms with Crippen LogP contribution in [0, 0.1) is 17.8 Å². The van der Waals surface area contributed by atoms with Crippen molar-refractivity contribution in [2.24, 2.45) is 5.92 Å². The molecule has 0 heterocycles. The van der Waals surface area contributed by atoms with Crippen molar-refractivity contribution in [3.05, 3.63) is 37.0 Å². The van der Waals surface area contributed by atoms with E-state index < -0.39 is 0 Å². The minimum Gasteiger partial charge on any atom is -0.103 e. The Morgan fingerprint density at radius 1 is 1.30 bits per heavy atom. The fourth-order valence-electron chi connectivity index (χ4n) is 0.853. The zero-order chi connectivity index (χ0) is 7.23. The molecule has 0 atom stereocenters. The van der Waals surface area contributed by atoms with Crippen LogP contribution in [-0.2, 0) is 0 Å². The molecule has 0 aliphatic heterocycles. The second-order valence-corrected chi connectivity index (χ2v) is 2.20. The van der Waals surface area contributed by atoms with Crippen molar-refractivity contribution in [1.82, 2.24) is 0 Å². The molecule has 0 nitrogen and oxygen atoms in total. The van der Waals surface area contributed by atoms with Gasteiger partial charge in [0.25, 0.3) is 0 Å². The van der Waals surface area contributed by atoms with Crippen LogP contribution in [0.5, 0.6) is 0 Å². The van der Waals surface area contributed by atoms with E-state index in [2.05, 4.69) is 30.6 Å². The van der Waals surface area contributed by atoms with Crippen LogP contribution in [0.25, 0.3) is 0 Å². The molecular weight excluding hydrogens is 120 g/mol. The Morgan fingerprint density at radius 3 is 2.40 bits per heavy atom. The smallest absolute Gasteiger partial charge is 0.0000268 e. The molecular formula is C10H10. The lowest BCUT2D eigenvalue weighted by Gasteiger charge is -1.99. The lowest BCUT2D eigenvalue weighted by Crippen LogP contribution is -1.86. The maximum absolute atomic E-state index is 3.68. The van der Waals surface area contributed by atoms with Gasteiger partial charge in [-0.25, -0.2) is 0 Å². The highest BCUT2D eigenvalue weighted by Gasteiger charge is 1.95. The van der Waals surface area contributed by atoms with Crippen molar-refractivity contribution < 1.29 is 0 Å². The van der Waals surface area contributed by atoms with Crippen LogP contribution >= 0.6 is 0 Å². The third-order valence-electron chi connectivity index (χ3n) is 1.38. The van der Waals surface area contributed by atoms with Crippen LogP contribution in [0.1, 0.15) is 6.42 Å². The standard InChI is InChI=1S/C10H10/c1-2-7-10-8-5-3-4-6-9-10/h2,5-6,8-10H,1,7H2. The summed E-state index contributed by atoms with van der Waals surface area (Å²) in [6, 6.07) is 0. The first-order valence-corrected chi connectivity index (χ1v) is 3.39. The van der Waals surface area contributed by atoms with Gasteiger partial charge in [-0.2, -0.15) is 0 Å². The minimum atomic E-state index is 0.486. The Morgan fingerprint density at radius 2 is 1.90 bits per heavy atom. The first-order valence-electron chi connectivity index (χ1n) is 3.39. The van der Waals surface area contributed by atoms with Crippen LogP contribution < -0.4 is 0 Å². The van der Waals surface area contributed by atoms with Crippen molar-refractivity contribution in [3.8, 4) is 11.8 Å². The van der Waals surface area contributed by atoms with E-state index in [0.717, 1.165) is 6.42 Å². The summed E-state index contributed by atoms with van der Waals surface area (Å²) in [7, 11) is 0. The Bertz CT molecular complexity index is 202. The topological polar surface area (TPSA) is 0 Å². The highest BCUT2D eigenvalue weighted by atomic mass is 14.0. The maximum atomic E-state index is 3.68. The second-order valence-electron chi connectivity index (χ2n) is 2.20. The van der Waals surface area contributed by atoms with Gasteiger partial charge in [0, 0.05) is 0 Å². The number of hydrogen-bond donors (Lipinski definition) is 0. The SMILES string of the molecule is C=CCC1C=CC#CC=C1. The highest BCUT2D eigenvalue weighted by molar-refractivity contribution is 5.29. The van der Waals surface area contributed by atoms with Gasteiger partial charge in [0.2, 0.25) is 0 Å². The van der Waals surface area contributed by atoms with Crippen LogP contribution in [0.15, 0.2) is 37.0 Å². The van der Waals surface area contributed by atoms with E-state index in [4.69, 9.17) is 0 Å². The summed E-state index contributed by atoms with van der Waals surface area (Å²) < 4.78 is 0. The average Bonchev–Trinajstić information content (AvgIpc) is 2.17. The quantitative estimate of drug-likeness (QED) is 0.397. The Kier molecular flexibility index (Phi) is 2.58. The van der Waals surface area contributed by atoms with Crippen LogP contribution in [0.2, 0.25) is 0 Å². The lowest BCUT2D eigenvalue weighted by molar-refractivity contribution is 0.835. The normalized spacial score (nSPS) is 15.6. The summed E-state index contributed by atoms with van der Waals surface area (Å²) in [5, 5.41) is 0. The molecule has 0 saturated heterocycles. The Balaban J connectivity index is 2.56. The zero-order valence-corrected chi connectivity index (χ0v) is 5.88. The fourth-order valence-corrected chi connectivity index (χ4v) is 0.853. The summed E-state index contributed by atoms with van der Waals surface area (Å²) in [4.78, 5) is 0. The van der Waals surface area contributed by atoms with Gasteiger partial charge in [0.05, 0.1) is 0 Å². The lowest BCUT2D eigenvalue weighted by atomic mass is 10.1. The van der Waals surface area contributed by atoms with Crippen molar-refractivity contribution in [2.75, 3.05) is 0 Å². The maximum Gasteiger partial charge on any atom is -0.0000268 e. The predicted octanol–water partition coefficient (Wildman–Crippen LogP) is 2.31. The Hall–Kier alpha value is -1.22. The number of rotatable bonds is 2. The predicted molar refractivity (Wildman–Crippen MR) is 44.4 cm³/mol. The summed E-state index contributed by atoms with van der Waals surface area (Å²) >= 11 is 0. The number of hydrogen-bond acceptors (Lipinski definition) is 0. The van der Waals surface area contributed by atoms with Gasteiger partial charge in [-0.05, 0) is 24.5 Å². The average molecular weight is 130 g/mol. The molecule has 0 unspecified atom stereocenters. The molecule has 1 aliphatic carbocycles. The molecule has 50 valence electrons. The van der Waals surface area contributed by atoms with Crippen molar-refractivity contribution >= 4 is 0 Å². The van der Waals surface area contributed by atoms with E-state index >= 15 is 0 Å². The molecule has 0 fully saturated rings. The first kappa shape index (κ1) is 6.89. The molecule has 0 N–H and O–H groups in total. The van der Waals surface area contributed by atoms with E-state index in [9.17, 15) is 0 Å². The molecule has 0 spiro atoms. The molecule has 0 saturated carbocycles. The van der Waals surface area contributed by atoms with Gasteiger partial charge in [-0.1, -0.05) is 30.1 Å². The molecule has 0 radical (unpaired) electrons. The van der Waals surface area contributed by atoms with Gasteiger partial charge >= 0.3 is 0 Å². The highest BCUT2D eigenvalue weighted by Crippen LogP contribution is 2.08. The number of allylic oxidation sites excluding steroid dienone is 5. The first-order chi connectivity index (χ1) is 4.93. The molecule has 10 heavy (non-hydrogen) atoms. The van der Waals surface area contributed by atoms with Gasteiger partial charge < -0.3 is 0 Å². The summed E-state index contributed by atoms with van der Waals surface area (Å²) in [5.41, 5.74) is 0. The van der Waals surface area contributed by atoms with Crippen LogP contribution in [0.4, 0.5) is 0 Å². The fraction of sp³-hybridized carbons (Fsp3) is 0.200. The monoisotopic (exact) mass is 130 g/mol. The van der Waals surface area contributed by atoms with E-state index in [1.807, 2.05) is 18.2 Å². The van der Waals surface area contributed by atoms with Gasteiger partial charge in [0.1, 0.15) is 0 Å². The third-order valence-corrected chi connectivity index (χ3v) is 1.38. The van der Waals surface area contributed by atoms with E-state index in [1.165, 1.54) is 0 Å². The molecule has 0 aromatic rings. The molecule has 0 aromatic carbocycles. The molecule has 0 bridgehead atoms. The summed E-state index contributed by atoms with van der Waals surface area (Å²) in [6.45, 7) is 3.68. The Labute approximate surface area is 61.9 Å². The molecule has 1 rings (SSSR count). The second kappa shape index (κ2) is 3.74. The van der Waals surface area contributed by atoms with Crippen molar-refractivity contribution in [2.45, 2.75) is 6.42 Å². The van der Waals surface area contributed by atoms with E-state index in [1.54, 1.807) is 0 Å². The van der Waals surface area contributed by atoms with Gasteiger partial charge in [-0.3, -0.25) is 0 Å². The van der Waals surface area contributed by atoms with Crippen LogP contribution in [-0.4, -0.2) is 0 Å². The third kappa shape index (κ3) is 1.95. The van der Waals surface area contributed by atoms with Crippen molar-refractivity contribution in [3.63, 3.8) is 0 Å². The molecule has 0 amide bonds.